The van der Waals surface area contributed by atoms with Crippen LogP contribution >= 0.6 is 24.2 Å². The largest absolute Gasteiger partial charge is 0.339 e. The monoisotopic (exact) mass is 358 g/mol. The number of hydrogen-bond acceptors (Lipinski definition) is 3. The molecule has 2 aliphatic heterocycles. The van der Waals surface area contributed by atoms with Crippen molar-refractivity contribution in [2.24, 2.45) is 0 Å². The zero-order chi connectivity index (χ0) is 15.5. The molecule has 0 aromatic heterocycles. The van der Waals surface area contributed by atoms with Gasteiger partial charge in [-0.05, 0) is 31.0 Å². The summed E-state index contributed by atoms with van der Waals surface area (Å²) in [5.41, 5.74) is 1.13. The van der Waals surface area contributed by atoms with Crippen LogP contribution in [0.5, 0.6) is 0 Å². The van der Waals surface area contributed by atoms with E-state index in [4.69, 9.17) is 0 Å². The fourth-order valence-corrected chi connectivity index (χ4v) is 4.38. The van der Waals surface area contributed by atoms with Crippen molar-refractivity contribution in [3.8, 4) is 0 Å². The van der Waals surface area contributed by atoms with E-state index in [-0.39, 0.29) is 30.2 Å². The third-order valence-corrected chi connectivity index (χ3v) is 5.79. The molecule has 2 heterocycles. The number of halogens is 2. The van der Waals surface area contributed by atoms with Gasteiger partial charge in [0.15, 0.2) is 0 Å². The van der Waals surface area contributed by atoms with Crippen LogP contribution in [-0.4, -0.2) is 47.5 Å². The van der Waals surface area contributed by atoms with Gasteiger partial charge in [0.2, 0.25) is 5.91 Å². The smallest absolute Gasteiger partial charge is 0.224 e. The first-order valence-electron chi connectivity index (χ1n) is 7.99. The fraction of sp³-hybridized carbons (Fsp3) is 0.588. The second-order valence-electron chi connectivity index (χ2n) is 6.31. The quantitative estimate of drug-likeness (QED) is 0.901. The summed E-state index contributed by atoms with van der Waals surface area (Å²) in [5.74, 6) is 2.53. The Hall–Kier alpha value is -0.780. The van der Waals surface area contributed by atoms with Crippen LogP contribution < -0.4 is 5.32 Å². The van der Waals surface area contributed by atoms with Gasteiger partial charge < -0.3 is 10.2 Å². The summed E-state index contributed by atoms with van der Waals surface area (Å²) in [6, 6.07) is 7.28. The summed E-state index contributed by atoms with van der Waals surface area (Å²) < 4.78 is 13.0. The molecule has 0 radical (unpaired) electrons. The SMILES string of the molecule is CC1CC(c2ccc(F)cc2)CN1C(=O)CC1CSCCN1.Cl. The van der Waals surface area contributed by atoms with Crippen LogP contribution in [0.25, 0.3) is 0 Å². The average molecular weight is 359 g/mol. The van der Waals surface area contributed by atoms with E-state index in [1.807, 2.05) is 28.8 Å². The fourth-order valence-electron chi connectivity index (χ4n) is 3.43. The topological polar surface area (TPSA) is 32.3 Å². The van der Waals surface area contributed by atoms with Crippen LogP contribution in [0.2, 0.25) is 0 Å². The van der Waals surface area contributed by atoms with Gasteiger partial charge in [0.25, 0.3) is 0 Å². The van der Waals surface area contributed by atoms with Crippen molar-refractivity contribution >= 4 is 30.1 Å². The van der Waals surface area contributed by atoms with Gasteiger partial charge in [0.05, 0.1) is 0 Å². The number of nitrogens with zero attached hydrogens (tertiary/aromatic N) is 1. The molecule has 0 bridgehead atoms. The van der Waals surface area contributed by atoms with Gasteiger partial charge in [-0.1, -0.05) is 12.1 Å². The number of hydrogen-bond donors (Lipinski definition) is 1. The van der Waals surface area contributed by atoms with Gasteiger partial charge in [0.1, 0.15) is 5.82 Å². The maximum atomic E-state index is 13.0. The van der Waals surface area contributed by atoms with Crippen molar-refractivity contribution < 1.29 is 9.18 Å². The maximum Gasteiger partial charge on any atom is 0.224 e. The van der Waals surface area contributed by atoms with E-state index in [2.05, 4.69) is 12.2 Å². The third-order valence-electron chi connectivity index (χ3n) is 4.66. The van der Waals surface area contributed by atoms with Crippen LogP contribution in [0.4, 0.5) is 4.39 Å². The minimum Gasteiger partial charge on any atom is -0.339 e. The predicted molar refractivity (Wildman–Crippen MR) is 95.9 cm³/mol. The number of benzene rings is 1. The van der Waals surface area contributed by atoms with E-state index < -0.39 is 0 Å². The van der Waals surface area contributed by atoms with E-state index in [1.54, 1.807) is 0 Å². The summed E-state index contributed by atoms with van der Waals surface area (Å²) in [7, 11) is 0. The molecule has 1 N–H and O–H groups in total. The van der Waals surface area contributed by atoms with Crippen LogP contribution in [0.1, 0.15) is 31.2 Å². The highest BCUT2D eigenvalue weighted by Gasteiger charge is 2.34. The molecule has 0 spiro atoms. The lowest BCUT2D eigenvalue weighted by molar-refractivity contribution is -0.132. The molecular formula is C17H24ClFN2OS. The van der Waals surface area contributed by atoms with E-state index in [1.165, 1.54) is 12.1 Å². The molecule has 3 unspecified atom stereocenters. The van der Waals surface area contributed by atoms with Crippen molar-refractivity contribution in [3.05, 3.63) is 35.6 Å². The molecule has 3 rings (SSSR count). The van der Waals surface area contributed by atoms with Crippen molar-refractivity contribution in [2.75, 3.05) is 24.6 Å². The predicted octanol–water partition coefficient (Wildman–Crippen LogP) is 3.05. The Morgan fingerprint density at radius 1 is 1.39 bits per heavy atom. The highest BCUT2D eigenvalue weighted by atomic mass is 35.5. The van der Waals surface area contributed by atoms with Gasteiger partial charge >= 0.3 is 0 Å². The Bertz CT molecular complexity index is 522. The number of rotatable bonds is 3. The van der Waals surface area contributed by atoms with Gasteiger partial charge in [-0.15, -0.1) is 12.4 Å². The normalized spacial score (nSPS) is 27.6. The van der Waals surface area contributed by atoms with Crippen molar-refractivity contribution in [1.29, 1.82) is 0 Å². The minimum absolute atomic E-state index is 0. The number of amides is 1. The number of nitrogens with one attached hydrogen (secondary N) is 1. The van der Waals surface area contributed by atoms with Crippen LogP contribution in [0.3, 0.4) is 0 Å². The van der Waals surface area contributed by atoms with Crippen molar-refractivity contribution in [3.63, 3.8) is 0 Å². The summed E-state index contributed by atoms with van der Waals surface area (Å²) in [5, 5.41) is 3.43. The molecule has 128 valence electrons. The number of likely N-dealkylation sites (tertiary alicyclic amines) is 1. The van der Waals surface area contributed by atoms with Crippen molar-refractivity contribution in [2.45, 2.75) is 37.8 Å². The van der Waals surface area contributed by atoms with E-state index >= 15 is 0 Å². The maximum absolute atomic E-state index is 13.0. The van der Waals surface area contributed by atoms with E-state index in [9.17, 15) is 9.18 Å². The molecule has 23 heavy (non-hydrogen) atoms. The number of carbonyl (C=O) groups excluding carboxylic acids is 1. The molecule has 6 heteroatoms. The first-order valence-corrected chi connectivity index (χ1v) is 9.15. The Labute approximate surface area is 147 Å². The van der Waals surface area contributed by atoms with Crippen molar-refractivity contribution in [1.82, 2.24) is 10.2 Å². The second-order valence-corrected chi connectivity index (χ2v) is 7.46. The number of thioether (sulfide) groups is 1. The Morgan fingerprint density at radius 3 is 2.78 bits per heavy atom. The first kappa shape index (κ1) is 18.6. The Morgan fingerprint density at radius 2 is 2.13 bits per heavy atom. The highest BCUT2D eigenvalue weighted by molar-refractivity contribution is 7.99. The van der Waals surface area contributed by atoms with Gasteiger partial charge in [-0.2, -0.15) is 11.8 Å². The summed E-state index contributed by atoms with van der Waals surface area (Å²) in [4.78, 5) is 14.6. The molecule has 3 nitrogen and oxygen atoms in total. The molecule has 1 amide bonds. The highest BCUT2D eigenvalue weighted by Crippen LogP contribution is 2.32. The molecule has 2 fully saturated rings. The van der Waals surface area contributed by atoms with Gasteiger partial charge in [-0.25, -0.2) is 4.39 Å². The molecule has 3 atom stereocenters. The zero-order valence-corrected chi connectivity index (χ0v) is 15.0. The van der Waals surface area contributed by atoms with Gasteiger partial charge in [-0.3, -0.25) is 4.79 Å². The number of carbonyl (C=O) groups is 1. The Balaban J connectivity index is 0.00000192. The minimum atomic E-state index is -0.205. The molecule has 1 aromatic rings. The third kappa shape index (κ3) is 4.61. The molecule has 2 saturated heterocycles. The summed E-state index contributed by atoms with van der Waals surface area (Å²) in [6.07, 6.45) is 1.55. The summed E-state index contributed by atoms with van der Waals surface area (Å²) >= 11 is 1.92. The molecular weight excluding hydrogens is 335 g/mol. The lowest BCUT2D eigenvalue weighted by Crippen LogP contribution is -2.43. The molecule has 2 aliphatic rings. The van der Waals surface area contributed by atoms with Crippen LogP contribution in [-0.2, 0) is 4.79 Å². The molecule has 0 aliphatic carbocycles. The van der Waals surface area contributed by atoms with Crippen LogP contribution in [0.15, 0.2) is 24.3 Å². The lowest BCUT2D eigenvalue weighted by Gasteiger charge is -2.27. The standard InChI is InChI=1S/C17H23FN2OS.ClH/c1-12-8-14(13-2-4-15(18)5-3-13)10-20(12)17(21)9-16-11-22-7-6-19-16;/h2-5,12,14,16,19H,6-11H2,1H3;1H. The average Bonchev–Trinajstić information content (AvgIpc) is 2.91. The zero-order valence-electron chi connectivity index (χ0n) is 13.3. The summed E-state index contributed by atoms with van der Waals surface area (Å²) in [6.45, 7) is 3.87. The molecule has 0 saturated carbocycles. The van der Waals surface area contributed by atoms with E-state index in [0.717, 1.165) is 36.6 Å². The molecule has 1 aromatic carbocycles. The second kappa shape index (κ2) is 8.36. The Kier molecular flexibility index (Phi) is 6.74. The van der Waals surface area contributed by atoms with E-state index in [0.29, 0.717) is 18.4 Å². The van der Waals surface area contributed by atoms with Crippen LogP contribution in [0, 0.1) is 5.82 Å². The lowest BCUT2D eigenvalue weighted by atomic mass is 9.97. The van der Waals surface area contributed by atoms with Gasteiger partial charge in [0, 0.05) is 49.0 Å². The first-order chi connectivity index (χ1) is 10.6.